The molecule has 0 saturated carbocycles. The molecule has 2 aromatic carbocycles. The largest absolute Gasteiger partial charge is 0.496 e. The van der Waals surface area contributed by atoms with Crippen LogP contribution in [0.2, 0.25) is 0 Å². The second-order valence-electron chi connectivity index (χ2n) is 10.4. The summed E-state index contributed by atoms with van der Waals surface area (Å²) in [5, 5.41) is 14.4. The zero-order valence-electron chi connectivity index (χ0n) is 21.7. The molecule has 4 rings (SSSR count). The second kappa shape index (κ2) is 11.0. The van der Waals surface area contributed by atoms with Gasteiger partial charge in [-0.3, -0.25) is 9.88 Å². The number of hydrogen-bond donors (Lipinski definition) is 2. The van der Waals surface area contributed by atoms with Crippen molar-refractivity contribution < 1.29 is 32.1 Å². The Morgan fingerprint density at radius 2 is 1.82 bits per heavy atom. The predicted molar refractivity (Wildman–Crippen MR) is 138 cm³/mol. The number of aromatic nitrogens is 1. The Kier molecular flexibility index (Phi) is 8.15. The molecular weight excluding hydrogens is 502 g/mol. The maximum Gasteiger partial charge on any atom is 0.418 e. The normalized spacial score (nSPS) is 16.8. The molecule has 0 aliphatic carbocycles. The predicted octanol–water partition coefficient (Wildman–Crippen LogP) is 5.29. The highest BCUT2D eigenvalue weighted by molar-refractivity contribution is 5.91. The molecule has 1 aromatic heterocycles. The maximum absolute atomic E-state index is 14.3. The van der Waals surface area contributed by atoms with E-state index in [9.17, 15) is 22.7 Å². The van der Waals surface area contributed by atoms with Crippen LogP contribution in [0.25, 0.3) is 10.9 Å². The van der Waals surface area contributed by atoms with Gasteiger partial charge in [-0.2, -0.15) is 13.2 Å². The molecule has 3 aromatic rings. The summed E-state index contributed by atoms with van der Waals surface area (Å²) in [6, 6.07) is 12.6. The molecule has 0 spiro atoms. The summed E-state index contributed by atoms with van der Waals surface area (Å²) in [6.45, 7) is 5.89. The number of hydrogen-bond acceptors (Lipinski definition) is 6. The molecule has 1 fully saturated rings. The van der Waals surface area contributed by atoms with Gasteiger partial charge >= 0.3 is 6.18 Å². The van der Waals surface area contributed by atoms with Crippen LogP contribution in [-0.4, -0.2) is 66.7 Å². The van der Waals surface area contributed by atoms with Gasteiger partial charge in [-0.15, -0.1) is 0 Å². The van der Waals surface area contributed by atoms with Crippen LogP contribution in [0.4, 0.5) is 23.2 Å². The summed E-state index contributed by atoms with van der Waals surface area (Å²) in [6.07, 6.45) is -5.67. The van der Waals surface area contributed by atoms with Crippen molar-refractivity contribution >= 4 is 16.6 Å². The summed E-state index contributed by atoms with van der Waals surface area (Å²) in [5.41, 5.74) is -2.22. The zero-order chi connectivity index (χ0) is 27.6. The van der Waals surface area contributed by atoms with E-state index in [4.69, 9.17) is 14.5 Å². The number of benzene rings is 2. The van der Waals surface area contributed by atoms with Gasteiger partial charge in [0.2, 0.25) is 0 Å². The van der Waals surface area contributed by atoms with Gasteiger partial charge in [-0.05, 0) is 54.3 Å². The Morgan fingerprint density at radius 3 is 2.50 bits per heavy atom. The molecule has 6 nitrogen and oxygen atoms in total. The minimum Gasteiger partial charge on any atom is -0.496 e. The fourth-order valence-electron chi connectivity index (χ4n) is 4.97. The van der Waals surface area contributed by atoms with Crippen LogP contribution in [0, 0.1) is 5.82 Å². The van der Waals surface area contributed by atoms with Crippen LogP contribution in [0.3, 0.4) is 0 Å². The molecular formula is C28H33F4N3O3. The first kappa shape index (κ1) is 28.1. The summed E-state index contributed by atoms with van der Waals surface area (Å²) in [4.78, 5) is 6.93. The molecule has 1 aliphatic rings. The molecule has 206 valence electrons. The number of morpholine rings is 1. The van der Waals surface area contributed by atoms with E-state index in [1.807, 2.05) is 12.1 Å². The Hall–Kier alpha value is -2.95. The highest BCUT2D eigenvalue weighted by atomic mass is 19.4. The molecule has 10 heteroatoms. The molecule has 0 amide bonds. The number of alkyl halides is 3. The van der Waals surface area contributed by atoms with E-state index >= 15 is 0 Å². The molecule has 1 atom stereocenters. The topological polar surface area (TPSA) is 66.9 Å². The number of pyridine rings is 1. The van der Waals surface area contributed by atoms with Crippen molar-refractivity contribution in [3.05, 3.63) is 65.6 Å². The second-order valence-corrected chi connectivity index (χ2v) is 10.4. The highest BCUT2D eigenvalue weighted by Gasteiger charge is 2.56. The Balaban J connectivity index is 1.56. The molecule has 1 aliphatic heterocycles. The molecule has 1 unspecified atom stereocenters. The summed E-state index contributed by atoms with van der Waals surface area (Å²) in [5.74, 6) is -0.347. The fourth-order valence-corrected chi connectivity index (χ4v) is 4.97. The van der Waals surface area contributed by atoms with E-state index in [-0.39, 0.29) is 11.3 Å². The number of rotatable bonds is 9. The smallest absolute Gasteiger partial charge is 0.418 e. The monoisotopic (exact) mass is 535 g/mol. The Bertz CT molecular complexity index is 1260. The number of ether oxygens (including phenoxy) is 2. The van der Waals surface area contributed by atoms with Gasteiger partial charge in [0.25, 0.3) is 0 Å². The van der Waals surface area contributed by atoms with Crippen LogP contribution in [0.5, 0.6) is 5.75 Å². The zero-order valence-corrected chi connectivity index (χ0v) is 21.7. The van der Waals surface area contributed by atoms with Crippen molar-refractivity contribution in [1.29, 1.82) is 0 Å². The third-order valence-electron chi connectivity index (χ3n) is 7.00. The van der Waals surface area contributed by atoms with Crippen LogP contribution >= 0.6 is 0 Å². The summed E-state index contributed by atoms with van der Waals surface area (Å²) >= 11 is 0. The van der Waals surface area contributed by atoms with E-state index < -0.39 is 36.0 Å². The van der Waals surface area contributed by atoms with E-state index in [0.717, 1.165) is 24.8 Å². The standard InChI is InChI=1S/C28H33F4N3O3/c1-26(2,22-15-19(29)7-10-25(22)37-3)17-27(36,28(30,31)32)18-33-23-5-4-6-24-21(23)9-8-20(34-24)16-35-11-13-38-14-12-35/h4-10,15,33,36H,11-14,16-18H2,1-3H3. The van der Waals surface area contributed by atoms with Crippen molar-refractivity contribution in [2.75, 3.05) is 45.3 Å². The molecule has 1 saturated heterocycles. The van der Waals surface area contributed by atoms with Crippen LogP contribution < -0.4 is 10.1 Å². The summed E-state index contributed by atoms with van der Waals surface area (Å²) < 4.78 is 67.5. The lowest BCUT2D eigenvalue weighted by molar-refractivity contribution is -0.260. The lowest BCUT2D eigenvalue weighted by Crippen LogP contribution is -2.53. The number of halogens is 4. The van der Waals surface area contributed by atoms with Crippen LogP contribution in [0.15, 0.2) is 48.5 Å². The van der Waals surface area contributed by atoms with Crippen LogP contribution in [0.1, 0.15) is 31.5 Å². The van der Waals surface area contributed by atoms with Gasteiger partial charge in [0.1, 0.15) is 11.6 Å². The van der Waals surface area contributed by atoms with Crippen molar-refractivity contribution in [2.24, 2.45) is 0 Å². The van der Waals surface area contributed by atoms with E-state index in [1.54, 1.807) is 18.2 Å². The lowest BCUT2D eigenvalue weighted by atomic mass is 9.74. The van der Waals surface area contributed by atoms with Crippen molar-refractivity contribution in [3.63, 3.8) is 0 Å². The van der Waals surface area contributed by atoms with Gasteiger partial charge in [-0.1, -0.05) is 19.9 Å². The van der Waals surface area contributed by atoms with Gasteiger partial charge in [0.15, 0.2) is 5.60 Å². The SMILES string of the molecule is COc1ccc(F)cc1C(C)(C)CC(O)(CNc1cccc2nc(CN3CCOCC3)ccc12)C(F)(F)F. The third-order valence-corrected chi connectivity index (χ3v) is 7.00. The molecule has 2 N–H and O–H groups in total. The Morgan fingerprint density at radius 1 is 1.08 bits per heavy atom. The van der Waals surface area contributed by atoms with Crippen LogP contribution in [-0.2, 0) is 16.7 Å². The van der Waals surface area contributed by atoms with Gasteiger partial charge < -0.3 is 19.9 Å². The first-order chi connectivity index (χ1) is 17.9. The fraction of sp³-hybridized carbons (Fsp3) is 0.464. The lowest BCUT2D eigenvalue weighted by Gasteiger charge is -2.38. The number of nitrogens with one attached hydrogen (secondary N) is 1. The number of aliphatic hydroxyl groups is 1. The van der Waals surface area contributed by atoms with E-state index in [0.29, 0.717) is 36.3 Å². The number of anilines is 1. The first-order valence-corrected chi connectivity index (χ1v) is 12.5. The quantitative estimate of drug-likeness (QED) is 0.363. The molecule has 0 radical (unpaired) electrons. The van der Waals surface area contributed by atoms with Gasteiger partial charge in [-0.25, -0.2) is 4.39 Å². The number of methoxy groups -OCH3 is 1. The van der Waals surface area contributed by atoms with Crippen molar-refractivity contribution in [3.8, 4) is 5.75 Å². The Labute approximate surface area is 219 Å². The summed E-state index contributed by atoms with van der Waals surface area (Å²) in [7, 11) is 1.37. The van der Waals surface area contributed by atoms with Gasteiger partial charge in [0.05, 0.1) is 38.1 Å². The van der Waals surface area contributed by atoms with E-state index in [2.05, 4.69) is 10.2 Å². The average molecular weight is 536 g/mol. The minimum absolute atomic E-state index is 0.241. The third kappa shape index (κ3) is 6.19. The average Bonchev–Trinajstić information content (AvgIpc) is 2.87. The number of nitrogens with zero attached hydrogens (tertiary/aromatic N) is 2. The molecule has 0 bridgehead atoms. The van der Waals surface area contributed by atoms with E-state index in [1.165, 1.54) is 33.1 Å². The minimum atomic E-state index is -4.95. The molecule has 2 heterocycles. The van der Waals surface area contributed by atoms with Crippen molar-refractivity contribution in [1.82, 2.24) is 9.88 Å². The highest BCUT2D eigenvalue weighted by Crippen LogP contribution is 2.44. The van der Waals surface area contributed by atoms with Gasteiger partial charge in [0, 0.05) is 36.3 Å². The molecule has 38 heavy (non-hydrogen) atoms. The maximum atomic E-state index is 14.3. The number of fused-ring (bicyclic) bond motifs is 1. The van der Waals surface area contributed by atoms with Crippen molar-refractivity contribution in [2.45, 2.75) is 44.0 Å². The first-order valence-electron chi connectivity index (χ1n) is 12.5.